The van der Waals surface area contributed by atoms with Gasteiger partial charge in [0.2, 0.25) is 0 Å². The summed E-state index contributed by atoms with van der Waals surface area (Å²) in [6, 6.07) is 51.0. The Morgan fingerprint density at radius 2 is 0.578 bits per heavy atom. The number of hydrogen-bond donors (Lipinski definition) is 0. The van der Waals surface area contributed by atoms with Crippen molar-refractivity contribution in [3.8, 4) is 36.4 Å². The SMILES string of the molecule is CCC1c2ccc(C#N)c(c2)C(CC)c2ccc(C#N)c(c2)C(CC)c2ccc(C#N)c(c2)C(CC)c2ccc(C#N)c(c2)C(CC)c2ccc(C#N)c(c2)Cc2ccc(C#N)c1c2. The average Bonchev–Trinajstić information content (AvgIpc) is 3.33. The minimum atomic E-state index is -0.156. The number of nitriles is 6. The van der Waals surface area contributed by atoms with Crippen molar-refractivity contribution in [2.75, 3.05) is 0 Å². The molecule has 0 saturated carbocycles. The third kappa shape index (κ3) is 8.29. The third-order valence-corrected chi connectivity index (χ3v) is 13.6. The molecule has 7 rings (SSSR count). The molecular formula is C58H50N6. The van der Waals surface area contributed by atoms with Gasteiger partial charge < -0.3 is 0 Å². The van der Waals surface area contributed by atoms with Crippen molar-refractivity contribution in [3.63, 3.8) is 0 Å². The Bertz CT molecular complexity index is 3020. The summed E-state index contributed by atoms with van der Waals surface area (Å²) in [5.41, 5.74) is 14.9. The molecule has 0 N–H and O–H groups in total. The first kappa shape index (κ1) is 44.3. The van der Waals surface area contributed by atoms with Crippen LogP contribution in [-0.2, 0) is 6.42 Å². The van der Waals surface area contributed by atoms with E-state index in [9.17, 15) is 31.6 Å². The van der Waals surface area contributed by atoms with Crippen LogP contribution in [0.1, 0.15) is 196 Å². The Morgan fingerprint density at radius 3 is 0.859 bits per heavy atom. The van der Waals surface area contributed by atoms with E-state index in [-0.39, 0.29) is 29.6 Å². The maximum Gasteiger partial charge on any atom is 0.0994 e. The lowest BCUT2D eigenvalue weighted by molar-refractivity contribution is 0.734. The maximum atomic E-state index is 10.6. The molecule has 0 radical (unpaired) electrons. The van der Waals surface area contributed by atoms with Crippen LogP contribution in [0.4, 0.5) is 0 Å². The van der Waals surface area contributed by atoms with Crippen LogP contribution in [-0.4, -0.2) is 0 Å². The number of hydrogen-bond acceptors (Lipinski definition) is 6. The molecule has 64 heavy (non-hydrogen) atoms. The predicted octanol–water partition coefficient (Wildman–Crippen LogP) is 13.5. The van der Waals surface area contributed by atoms with E-state index in [1.807, 2.05) is 72.8 Å². The lowest BCUT2D eigenvalue weighted by Gasteiger charge is -2.26. The highest BCUT2D eigenvalue weighted by Gasteiger charge is 2.27. The lowest BCUT2D eigenvalue weighted by atomic mass is 9.77. The smallest absolute Gasteiger partial charge is 0.0994 e. The zero-order valence-electron chi connectivity index (χ0n) is 37.2. The van der Waals surface area contributed by atoms with Crippen molar-refractivity contribution in [3.05, 3.63) is 209 Å². The third-order valence-electron chi connectivity index (χ3n) is 13.6. The summed E-state index contributed by atoms with van der Waals surface area (Å²) in [7, 11) is 0. The molecule has 5 unspecified atom stereocenters. The van der Waals surface area contributed by atoms with E-state index >= 15 is 0 Å². The van der Waals surface area contributed by atoms with Crippen LogP contribution < -0.4 is 0 Å². The summed E-state index contributed by atoms with van der Waals surface area (Å²) in [6.45, 7) is 10.6. The molecule has 6 aromatic carbocycles. The molecule has 312 valence electrons. The second-order valence-corrected chi connectivity index (χ2v) is 16.9. The predicted molar refractivity (Wildman–Crippen MR) is 250 cm³/mol. The van der Waals surface area contributed by atoms with Gasteiger partial charge in [0, 0.05) is 29.6 Å². The fourth-order valence-corrected chi connectivity index (χ4v) is 10.3. The van der Waals surface area contributed by atoms with E-state index in [2.05, 4.69) is 107 Å². The van der Waals surface area contributed by atoms with Crippen LogP contribution in [0.15, 0.2) is 109 Å². The quantitative estimate of drug-likeness (QED) is 0.169. The molecule has 1 aliphatic carbocycles. The zero-order chi connectivity index (χ0) is 45.5. The summed E-state index contributed by atoms with van der Waals surface area (Å²) in [5.74, 6) is -0.760. The molecular weight excluding hydrogens is 781 g/mol. The van der Waals surface area contributed by atoms with Gasteiger partial charge in [-0.05, 0) is 142 Å². The summed E-state index contributed by atoms with van der Waals surface area (Å²) in [5, 5.41) is 63.0. The lowest BCUT2D eigenvalue weighted by Crippen LogP contribution is -2.11. The van der Waals surface area contributed by atoms with Crippen LogP contribution >= 0.6 is 0 Å². The summed E-state index contributed by atoms with van der Waals surface area (Å²) < 4.78 is 0. The van der Waals surface area contributed by atoms with Crippen LogP contribution in [0.5, 0.6) is 0 Å². The molecule has 6 nitrogen and oxygen atoms in total. The van der Waals surface area contributed by atoms with Gasteiger partial charge in [-0.2, -0.15) is 31.6 Å². The molecule has 6 heteroatoms. The van der Waals surface area contributed by atoms with E-state index in [0.29, 0.717) is 71.9 Å². The molecule has 0 saturated heterocycles. The Morgan fingerprint density at radius 1 is 0.328 bits per heavy atom. The fraction of sp³-hybridized carbons (Fsp3) is 0.276. The van der Waals surface area contributed by atoms with Crippen molar-refractivity contribution in [2.45, 2.75) is 103 Å². The topological polar surface area (TPSA) is 143 Å². The van der Waals surface area contributed by atoms with Crippen LogP contribution in [0.2, 0.25) is 0 Å². The van der Waals surface area contributed by atoms with Crippen LogP contribution in [0, 0.1) is 68.0 Å². The van der Waals surface area contributed by atoms with Gasteiger partial charge in [-0.25, -0.2) is 0 Å². The van der Waals surface area contributed by atoms with Crippen molar-refractivity contribution >= 4 is 0 Å². The van der Waals surface area contributed by atoms with Crippen molar-refractivity contribution in [1.82, 2.24) is 0 Å². The van der Waals surface area contributed by atoms with Crippen molar-refractivity contribution < 1.29 is 0 Å². The molecule has 0 fully saturated rings. The minimum absolute atomic E-state index is 0.148. The van der Waals surface area contributed by atoms with Gasteiger partial charge in [-0.3, -0.25) is 0 Å². The monoisotopic (exact) mass is 830 g/mol. The van der Waals surface area contributed by atoms with E-state index in [0.717, 1.165) is 66.8 Å². The standard InChI is InChI=1S/C58H50N6/c1-6-49-37-13-18-42(30-59)48(25-37)23-36-11-12-43(31-60)54(24-36)50(7-2)38-14-19-45(33-62)56(26-38)52(9-4)40-16-21-47(35-64)58(28-40)53(10-5)41-17-22-46(34-63)57(29-41)51(8-3)39-15-20-44(32-61)55(49)27-39/h11-22,24-29,49-53H,6-10,23H2,1-5H3. The number of nitrogens with zero attached hydrogens (tertiary/aromatic N) is 6. The number of fused-ring (bicyclic) bond motifs is 12. The fourth-order valence-electron chi connectivity index (χ4n) is 10.3. The molecule has 1 aliphatic rings. The Hall–Kier alpha value is -7.74. The van der Waals surface area contributed by atoms with Gasteiger partial charge in [0.1, 0.15) is 0 Å². The van der Waals surface area contributed by atoms with Crippen LogP contribution in [0.25, 0.3) is 0 Å². The van der Waals surface area contributed by atoms with Crippen LogP contribution in [0.3, 0.4) is 0 Å². The first-order valence-corrected chi connectivity index (χ1v) is 22.4. The van der Waals surface area contributed by atoms with E-state index in [1.165, 1.54) is 0 Å². The molecule has 5 atom stereocenters. The van der Waals surface area contributed by atoms with Gasteiger partial charge >= 0.3 is 0 Å². The molecule has 0 amide bonds. The highest BCUT2D eigenvalue weighted by molar-refractivity contribution is 5.57. The summed E-state index contributed by atoms with van der Waals surface area (Å²) in [4.78, 5) is 0. The average molecular weight is 831 g/mol. The molecule has 12 bridgehead atoms. The van der Waals surface area contributed by atoms with E-state index in [4.69, 9.17) is 0 Å². The molecule has 0 spiro atoms. The molecule has 0 aliphatic heterocycles. The van der Waals surface area contributed by atoms with Gasteiger partial charge in [0.05, 0.1) is 69.8 Å². The summed E-state index contributed by atoms with van der Waals surface area (Å²) in [6.07, 6.45) is 4.02. The van der Waals surface area contributed by atoms with E-state index < -0.39 is 0 Å². The second-order valence-electron chi connectivity index (χ2n) is 16.9. The molecule has 0 heterocycles. The largest absolute Gasteiger partial charge is 0.192 e. The van der Waals surface area contributed by atoms with Gasteiger partial charge in [0.15, 0.2) is 0 Å². The normalized spacial score (nSPS) is 17.8. The van der Waals surface area contributed by atoms with E-state index in [1.54, 1.807) is 0 Å². The zero-order valence-corrected chi connectivity index (χ0v) is 37.2. The Balaban J connectivity index is 1.54. The first-order chi connectivity index (χ1) is 31.2. The van der Waals surface area contributed by atoms with Crippen molar-refractivity contribution in [2.24, 2.45) is 0 Å². The number of rotatable bonds is 5. The molecule has 6 aromatic rings. The minimum Gasteiger partial charge on any atom is -0.192 e. The highest BCUT2D eigenvalue weighted by Crippen LogP contribution is 2.42. The highest BCUT2D eigenvalue weighted by atomic mass is 14.3. The van der Waals surface area contributed by atoms with Gasteiger partial charge in [-0.1, -0.05) is 107 Å². The summed E-state index contributed by atoms with van der Waals surface area (Å²) >= 11 is 0. The Labute approximate surface area is 378 Å². The number of benzene rings is 6. The van der Waals surface area contributed by atoms with Crippen molar-refractivity contribution in [1.29, 1.82) is 31.6 Å². The first-order valence-electron chi connectivity index (χ1n) is 22.4. The Kier molecular flexibility index (Phi) is 13.5. The second kappa shape index (κ2) is 19.5. The van der Waals surface area contributed by atoms with Gasteiger partial charge in [-0.15, -0.1) is 0 Å². The maximum absolute atomic E-state index is 10.6. The molecule has 0 aromatic heterocycles. The van der Waals surface area contributed by atoms with Gasteiger partial charge in [0.25, 0.3) is 0 Å².